The fourth-order valence-electron chi connectivity index (χ4n) is 5.74. The van der Waals surface area contributed by atoms with Crippen molar-refractivity contribution in [1.82, 2.24) is 0 Å². The van der Waals surface area contributed by atoms with E-state index in [-0.39, 0.29) is 34.4 Å². The van der Waals surface area contributed by atoms with E-state index < -0.39 is 89.2 Å². The third kappa shape index (κ3) is 4.07. The zero-order chi connectivity index (χ0) is 28.4. The normalized spacial score (nSPS) is 29.7. The van der Waals surface area contributed by atoms with Gasteiger partial charge in [0, 0.05) is 42.0 Å². The van der Waals surface area contributed by atoms with Crippen LogP contribution in [0.3, 0.4) is 0 Å². The summed E-state index contributed by atoms with van der Waals surface area (Å²) >= 11 is 0. The van der Waals surface area contributed by atoms with Gasteiger partial charge in [-0.05, 0) is 13.0 Å². The molecule has 1 saturated heterocycles. The van der Waals surface area contributed by atoms with E-state index in [1.165, 1.54) is 25.3 Å². The topological polar surface area (TPSA) is 195 Å². The second-order valence-corrected chi connectivity index (χ2v) is 10.1. The molecule has 39 heavy (non-hydrogen) atoms. The molecule has 12 nitrogen and oxygen atoms in total. The van der Waals surface area contributed by atoms with E-state index >= 15 is 0 Å². The number of esters is 1. The summed E-state index contributed by atoms with van der Waals surface area (Å²) in [5.74, 6) is -3.74. The minimum absolute atomic E-state index is 0.0354. The number of ether oxygens (including phenoxy) is 4. The second kappa shape index (κ2) is 9.57. The molecule has 6 N–H and O–H groups in total. The number of carbonyl (C=O) groups excluding carboxylic acids is 3. The molecule has 3 aliphatic rings. The Hall–Kier alpha value is -3.55. The molecule has 0 unspecified atom stereocenters. The van der Waals surface area contributed by atoms with E-state index in [4.69, 9.17) is 24.7 Å². The van der Waals surface area contributed by atoms with E-state index in [2.05, 4.69) is 0 Å². The van der Waals surface area contributed by atoms with E-state index in [9.17, 15) is 34.8 Å². The molecule has 1 heterocycles. The molecule has 0 radical (unpaired) electrons. The van der Waals surface area contributed by atoms with Gasteiger partial charge in [-0.3, -0.25) is 9.59 Å². The SMILES string of the molecule is COC(=O)[C@]1(O)Cc2c(O)c3c(c(O)c2[C@@H](O[C@H]2C[C@H](N)[C@H](O)[C@H](C)O2)C1)C(=O)c1c(OC)cccc1C3=O. The number of benzene rings is 2. The molecule has 0 aromatic heterocycles. The molecule has 0 spiro atoms. The molecule has 1 fully saturated rings. The number of hydrogen-bond donors (Lipinski definition) is 5. The maximum Gasteiger partial charge on any atom is 0.338 e. The zero-order valence-corrected chi connectivity index (χ0v) is 21.5. The van der Waals surface area contributed by atoms with Crippen LogP contribution in [0.5, 0.6) is 17.2 Å². The molecule has 1 aliphatic heterocycles. The Morgan fingerprint density at radius 1 is 1.10 bits per heavy atom. The highest BCUT2D eigenvalue weighted by atomic mass is 16.7. The van der Waals surface area contributed by atoms with Crippen LogP contribution in [0.25, 0.3) is 0 Å². The summed E-state index contributed by atoms with van der Waals surface area (Å²) in [5, 5.41) is 44.3. The molecular weight excluding hydrogens is 514 g/mol. The molecule has 2 aromatic carbocycles. The van der Waals surface area contributed by atoms with Crippen LogP contribution in [0.1, 0.15) is 68.8 Å². The van der Waals surface area contributed by atoms with Crippen LogP contribution in [-0.4, -0.2) is 82.3 Å². The number of nitrogens with two attached hydrogens (primary N) is 1. The Balaban J connectivity index is 1.69. The summed E-state index contributed by atoms with van der Waals surface area (Å²) < 4.78 is 21.8. The van der Waals surface area contributed by atoms with Crippen molar-refractivity contribution in [1.29, 1.82) is 0 Å². The van der Waals surface area contributed by atoms with Crippen LogP contribution in [-0.2, 0) is 25.4 Å². The summed E-state index contributed by atoms with van der Waals surface area (Å²) in [4.78, 5) is 39.8. The maximum absolute atomic E-state index is 13.7. The van der Waals surface area contributed by atoms with Crippen LogP contribution in [0, 0.1) is 0 Å². The number of carbonyl (C=O) groups is 3. The minimum Gasteiger partial charge on any atom is -0.507 e. The predicted molar refractivity (Wildman–Crippen MR) is 132 cm³/mol. The van der Waals surface area contributed by atoms with Gasteiger partial charge in [0.25, 0.3) is 0 Å². The fraction of sp³-hybridized carbons (Fsp3) is 0.444. The summed E-state index contributed by atoms with van der Waals surface area (Å²) in [7, 11) is 2.41. The van der Waals surface area contributed by atoms with Gasteiger partial charge in [-0.1, -0.05) is 12.1 Å². The van der Waals surface area contributed by atoms with Crippen molar-refractivity contribution in [3.05, 3.63) is 51.6 Å². The van der Waals surface area contributed by atoms with Gasteiger partial charge in [0.05, 0.1) is 49.2 Å². The number of hydrogen-bond acceptors (Lipinski definition) is 12. The molecular formula is C27H29NO11. The maximum atomic E-state index is 13.7. The van der Waals surface area contributed by atoms with Crippen molar-refractivity contribution in [2.75, 3.05) is 14.2 Å². The lowest BCUT2D eigenvalue weighted by atomic mass is 9.73. The van der Waals surface area contributed by atoms with E-state index in [1.807, 2.05) is 0 Å². The summed E-state index contributed by atoms with van der Waals surface area (Å²) in [6, 6.07) is 3.68. The monoisotopic (exact) mass is 543 g/mol. The summed E-state index contributed by atoms with van der Waals surface area (Å²) in [6.07, 6.45) is -4.95. The quantitative estimate of drug-likeness (QED) is 0.228. The lowest BCUT2D eigenvalue weighted by Crippen LogP contribution is -2.52. The van der Waals surface area contributed by atoms with Gasteiger partial charge >= 0.3 is 5.97 Å². The third-order valence-corrected chi connectivity index (χ3v) is 7.71. The van der Waals surface area contributed by atoms with Crippen LogP contribution in [0.2, 0.25) is 0 Å². The highest BCUT2D eigenvalue weighted by Gasteiger charge is 2.51. The molecule has 208 valence electrons. The number of ketones is 2. The van der Waals surface area contributed by atoms with Gasteiger partial charge in [-0.15, -0.1) is 0 Å². The fourth-order valence-corrected chi connectivity index (χ4v) is 5.74. The lowest BCUT2D eigenvalue weighted by Gasteiger charge is -2.41. The molecule has 6 atom stereocenters. The predicted octanol–water partition coefficient (Wildman–Crippen LogP) is 0.613. The molecule has 0 bridgehead atoms. The largest absolute Gasteiger partial charge is 0.507 e. The van der Waals surface area contributed by atoms with E-state index in [1.54, 1.807) is 6.92 Å². The third-order valence-electron chi connectivity index (χ3n) is 7.71. The van der Waals surface area contributed by atoms with Gasteiger partial charge < -0.3 is 45.1 Å². The van der Waals surface area contributed by atoms with Gasteiger partial charge in [-0.25, -0.2) is 4.79 Å². The Morgan fingerprint density at radius 2 is 1.79 bits per heavy atom. The Labute approximate surface area is 222 Å². The number of aliphatic hydroxyl groups is 2. The number of aromatic hydroxyl groups is 2. The summed E-state index contributed by atoms with van der Waals surface area (Å²) in [5.41, 5.74) is 2.54. The zero-order valence-electron chi connectivity index (χ0n) is 21.5. The van der Waals surface area contributed by atoms with E-state index in [0.29, 0.717) is 0 Å². The Kier molecular flexibility index (Phi) is 6.64. The highest BCUT2D eigenvalue weighted by Crippen LogP contribution is 2.52. The van der Waals surface area contributed by atoms with Crippen LogP contribution in [0.4, 0.5) is 0 Å². The van der Waals surface area contributed by atoms with Gasteiger partial charge in [0.1, 0.15) is 17.2 Å². The number of aliphatic hydroxyl groups excluding tert-OH is 1. The van der Waals surface area contributed by atoms with Crippen molar-refractivity contribution >= 4 is 17.5 Å². The molecule has 0 amide bonds. The minimum atomic E-state index is -2.21. The second-order valence-electron chi connectivity index (χ2n) is 10.1. The molecule has 12 heteroatoms. The average Bonchev–Trinajstić information content (AvgIpc) is 2.90. The van der Waals surface area contributed by atoms with Crippen molar-refractivity contribution < 1.29 is 53.8 Å². The number of rotatable bonds is 4. The lowest BCUT2D eigenvalue weighted by molar-refractivity contribution is -0.248. The smallest absolute Gasteiger partial charge is 0.338 e. The van der Waals surface area contributed by atoms with Gasteiger partial charge in [0.2, 0.25) is 5.78 Å². The first-order valence-electron chi connectivity index (χ1n) is 12.4. The number of phenols is 2. The van der Waals surface area contributed by atoms with E-state index in [0.717, 1.165) is 7.11 Å². The number of methoxy groups -OCH3 is 2. The first-order valence-corrected chi connectivity index (χ1v) is 12.4. The van der Waals surface area contributed by atoms with Gasteiger partial charge in [0.15, 0.2) is 17.7 Å². The van der Waals surface area contributed by atoms with Gasteiger partial charge in [-0.2, -0.15) is 0 Å². The van der Waals surface area contributed by atoms with Crippen molar-refractivity contribution in [3.63, 3.8) is 0 Å². The van der Waals surface area contributed by atoms with Crippen LogP contribution < -0.4 is 10.5 Å². The standard InChI is InChI=1S/C27H29NO11/c1-10-21(29)13(28)7-16(38-10)39-15-9-27(35,26(34)37-3)8-12-18(15)25(33)20-19(23(12)31)22(30)11-5-4-6-14(36-2)17(11)24(20)32/h4-6,10,13,15-16,21,29,31,33,35H,7-9,28H2,1-3H3/t10-,13-,15-,16-,21+,27-/m0/s1. The summed E-state index contributed by atoms with van der Waals surface area (Å²) in [6.45, 7) is 1.59. The Morgan fingerprint density at radius 3 is 2.44 bits per heavy atom. The van der Waals surface area contributed by atoms with Crippen LogP contribution >= 0.6 is 0 Å². The highest BCUT2D eigenvalue weighted by molar-refractivity contribution is 6.31. The number of fused-ring (bicyclic) bond motifs is 3. The molecule has 2 aliphatic carbocycles. The average molecular weight is 544 g/mol. The first-order chi connectivity index (χ1) is 18.4. The number of phenolic OH excluding ortho intramolecular Hbond substituents is 2. The van der Waals surface area contributed by atoms with Crippen molar-refractivity contribution in [2.45, 2.75) is 62.4 Å². The van der Waals surface area contributed by atoms with Crippen LogP contribution in [0.15, 0.2) is 18.2 Å². The van der Waals surface area contributed by atoms with Crippen molar-refractivity contribution in [2.24, 2.45) is 5.73 Å². The molecule has 5 rings (SSSR count). The Bertz CT molecular complexity index is 1380. The van der Waals surface area contributed by atoms with Crippen molar-refractivity contribution in [3.8, 4) is 17.2 Å². The molecule has 0 saturated carbocycles. The first kappa shape index (κ1) is 27.0. The molecule has 2 aromatic rings.